The Morgan fingerprint density at radius 2 is 2.36 bits per heavy atom. The molecule has 0 amide bonds. The lowest BCUT2D eigenvalue weighted by molar-refractivity contribution is -0.105. The summed E-state index contributed by atoms with van der Waals surface area (Å²) in [7, 11) is 0. The van der Waals surface area contributed by atoms with Crippen molar-refractivity contribution in [2.45, 2.75) is 19.8 Å². The van der Waals surface area contributed by atoms with Gasteiger partial charge in [0.15, 0.2) is 0 Å². The zero-order valence-electron chi connectivity index (χ0n) is 6.58. The molecule has 1 atom stereocenters. The summed E-state index contributed by atoms with van der Waals surface area (Å²) >= 11 is 0. The average Bonchev–Trinajstić information content (AvgIpc) is 2.03. The Bertz CT molecular complexity index is 214. The molecule has 1 unspecified atom stereocenters. The highest BCUT2D eigenvalue weighted by Crippen LogP contribution is 2.25. The molecule has 0 aromatic heterocycles. The van der Waals surface area contributed by atoms with Crippen LogP contribution < -0.4 is 0 Å². The molecule has 0 heterocycles. The number of carbonyl (C=O) groups is 1. The van der Waals surface area contributed by atoms with Crippen molar-refractivity contribution in [2.75, 3.05) is 0 Å². The van der Waals surface area contributed by atoms with Crippen LogP contribution in [0.2, 0.25) is 0 Å². The second-order valence-corrected chi connectivity index (χ2v) is 3.05. The lowest BCUT2D eigenvalue weighted by Crippen LogP contribution is -2.05. The van der Waals surface area contributed by atoms with Gasteiger partial charge in [-0.3, -0.25) is 4.79 Å². The molecule has 11 heavy (non-hydrogen) atoms. The van der Waals surface area contributed by atoms with Gasteiger partial charge < -0.3 is 5.11 Å². The predicted molar refractivity (Wildman–Crippen MR) is 43.3 cm³/mol. The molecule has 0 fully saturated rings. The molecule has 2 heteroatoms. The number of carbonyl (C=O) groups excluding carboxylic acids is 1. The third-order valence-corrected chi connectivity index (χ3v) is 1.86. The Balaban J connectivity index is 2.81. The van der Waals surface area contributed by atoms with Crippen LogP contribution >= 0.6 is 0 Å². The Morgan fingerprint density at radius 3 is 2.91 bits per heavy atom. The summed E-state index contributed by atoms with van der Waals surface area (Å²) in [6.45, 7) is 2.07. The van der Waals surface area contributed by atoms with E-state index in [0.717, 1.165) is 36.5 Å². The number of hydrogen-bond donors (Lipinski definition) is 1. The molecule has 1 N–H and O–H groups in total. The minimum atomic E-state index is 0.471. The van der Waals surface area contributed by atoms with Crippen LogP contribution in [-0.2, 0) is 4.79 Å². The van der Waals surface area contributed by atoms with E-state index in [9.17, 15) is 4.79 Å². The first-order valence-corrected chi connectivity index (χ1v) is 3.75. The number of rotatable bonds is 1. The topological polar surface area (TPSA) is 37.3 Å². The van der Waals surface area contributed by atoms with Gasteiger partial charge in [0.25, 0.3) is 0 Å². The van der Waals surface area contributed by atoms with Crippen molar-refractivity contribution < 1.29 is 9.90 Å². The van der Waals surface area contributed by atoms with Crippen molar-refractivity contribution in [1.29, 1.82) is 0 Å². The molecular weight excluding hydrogens is 140 g/mol. The molecule has 1 aliphatic rings. The Kier molecular flexibility index (Phi) is 2.47. The molecule has 1 aliphatic carbocycles. The number of hydrogen-bond acceptors (Lipinski definition) is 2. The molecular formula is C9H12O2. The summed E-state index contributed by atoms with van der Waals surface area (Å²) in [5.74, 6) is 0.471. The fraction of sp³-hybridized carbons (Fsp3) is 0.444. The van der Waals surface area contributed by atoms with Gasteiger partial charge in [0.1, 0.15) is 6.29 Å². The van der Waals surface area contributed by atoms with Gasteiger partial charge in [-0.2, -0.15) is 0 Å². The Labute approximate surface area is 66.2 Å². The van der Waals surface area contributed by atoms with Crippen molar-refractivity contribution >= 4 is 6.29 Å². The van der Waals surface area contributed by atoms with Gasteiger partial charge in [-0.25, -0.2) is 0 Å². The molecule has 0 saturated heterocycles. The van der Waals surface area contributed by atoms with Crippen molar-refractivity contribution in [2.24, 2.45) is 5.92 Å². The summed E-state index contributed by atoms with van der Waals surface area (Å²) in [6.07, 6.45) is 5.40. The Morgan fingerprint density at radius 1 is 1.64 bits per heavy atom. The van der Waals surface area contributed by atoms with Crippen molar-refractivity contribution in [3.05, 3.63) is 23.5 Å². The molecule has 0 aliphatic heterocycles. The molecule has 0 radical (unpaired) electrons. The summed E-state index contributed by atoms with van der Waals surface area (Å²) in [5, 5.41) is 8.70. The van der Waals surface area contributed by atoms with E-state index in [-0.39, 0.29) is 0 Å². The van der Waals surface area contributed by atoms with Gasteiger partial charge >= 0.3 is 0 Å². The zero-order chi connectivity index (χ0) is 8.27. The lowest BCUT2D eigenvalue weighted by Gasteiger charge is -2.16. The van der Waals surface area contributed by atoms with Crippen molar-refractivity contribution in [1.82, 2.24) is 0 Å². The quantitative estimate of drug-likeness (QED) is 0.461. The molecule has 0 aromatic carbocycles. The van der Waals surface area contributed by atoms with Crippen LogP contribution in [0.3, 0.4) is 0 Å². The molecule has 0 bridgehead atoms. The Hall–Kier alpha value is -1.05. The summed E-state index contributed by atoms with van der Waals surface area (Å²) < 4.78 is 0. The van der Waals surface area contributed by atoms with Gasteiger partial charge in [0.05, 0.1) is 6.26 Å². The maximum absolute atomic E-state index is 10.4. The van der Waals surface area contributed by atoms with Crippen LogP contribution in [0.5, 0.6) is 0 Å². The largest absolute Gasteiger partial charge is 0.515 e. The minimum Gasteiger partial charge on any atom is -0.515 e. The van der Waals surface area contributed by atoms with Gasteiger partial charge in [-0.15, -0.1) is 0 Å². The van der Waals surface area contributed by atoms with E-state index in [0.29, 0.717) is 5.92 Å². The maximum atomic E-state index is 10.4. The first kappa shape index (κ1) is 8.05. The van der Waals surface area contributed by atoms with Crippen molar-refractivity contribution in [3.63, 3.8) is 0 Å². The summed E-state index contributed by atoms with van der Waals surface area (Å²) in [6, 6.07) is 0. The fourth-order valence-electron chi connectivity index (χ4n) is 1.40. The van der Waals surface area contributed by atoms with E-state index < -0.39 is 0 Å². The van der Waals surface area contributed by atoms with Gasteiger partial charge in [0, 0.05) is 0 Å². The lowest BCUT2D eigenvalue weighted by atomic mass is 9.88. The molecule has 2 nitrogen and oxygen atoms in total. The highest BCUT2D eigenvalue weighted by Gasteiger charge is 2.13. The normalized spacial score (nSPS) is 28.3. The van der Waals surface area contributed by atoms with E-state index in [1.54, 1.807) is 6.08 Å². The van der Waals surface area contributed by atoms with Gasteiger partial charge in [-0.05, 0) is 36.0 Å². The maximum Gasteiger partial charge on any atom is 0.146 e. The number of aliphatic hydroxyl groups is 1. The first-order chi connectivity index (χ1) is 5.26. The third-order valence-electron chi connectivity index (χ3n) is 1.86. The summed E-state index contributed by atoms with van der Waals surface area (Å²) in [5.41, 5.74) is 1.63. The zero-order valence-corrected chi connectivity index (χ0v) is 6.58. The van der Waals surface area contributed by atoms with E-state index in [2.05, 4.69) is 6.92 Å². The predicted octanol–water partition coefficient (Wildman–Crippen LogP) is 1.98. The van der Waals surface area contributed by atoms with Crippen LogP contribution in [0.25, 0.3) is 0 Å². The van der Waals surface area contributed by atoms with E-state index in [4.69, 9.17) is 5.11 Å². The molecule has 60 valence electrons. The van der Waals surface area contributed by atoms with E-state index in [1.165, 1.54) is 0 Å². The molecule has 1 rings (SSSR count). The van der Waals surface area contributed by atoms with E-state index >= 15 is 0 Å². The van der Waals surface area contributed by atoms with Crippen LogP contribution in [0, 0.1) is 5.92 Å². The van der Waals surface area contributed by atoms with Crippen molar-refractivity contribution in [3.8, 4) is 0 Å². The number of allylic oxidation sites excluding steroid dienone is 3. The number of aliphatic hydroxyl groups excluding tert-OH is 1. The minimum absolute atomic E-state index is 0.471. The van der Waals surface area contributed by atoms with Gasteiger partial charge in [-0.1, -0.05) is 6.92 Å². The highest BCUT2D eigenvalue weighted by molar-refractivity contribution is 5.74. The molecule has 0 aromatic rings. The molecule has 0 spiro atoms. The first-order valence-electron chi connectivity index (χ1n) is 3.75. The van der Waals surface area contributed by atoms with Crippen LogP contribution in [-0.4, -0.2) is 11.4 Å². The van der Waals surface area contributed by atoms with E-state index in [1.807, 2.05) is 0 Å². The second kappa shape index (κ2) is 3.37. The standard InChI is InChI=1S/C9H12O2/c1-7-2-8(5-10)4-9(3-7)6-11/h4-7,10H,2-3H2,1H3. The van der Waals surface area contributed by atoms with Crippen LogP contribution in [0.4, 0.5) is 0 Å². The third kappa shape index (κ3) is 1.93. The average molecular weight is 152 g/mol. The fourth-order valence-corrected chi connectivity index (χ4v) is 1.40. The SMILES string of the molecule is CC1CC(=CO)C=C(C=O)C1. The monoisotopic (exact) mass is 152 g/mol. The van der Waals surface area contributed by atoms with Crippen LogP contribution in [0.1, 0.15) is 19.8 Å². The van der Waals surface area contributed by atoms with Crippen LogP contribution in [0.15, 0.2) is 23.5 Å². The highest BCUT2D eigenvalue weighted by atomic mass is 16.2. The number of aldehydes is 1. The summed E-state index contributed by atoms with van der Waals surface area (Å²) in [4.78, 5) is 10.4. The smallest absolute Gasteiger partial charge is 0.146 e. The van der Waals surface area contributed by atoms with Gasteiger partial charge in [0.2, 0.25) is 0 Å². The molecule has 0 saturated carbocycles. The second-order valence-electron chi connectivity index (χ2n) is 3.05.